The van der Waals surface area contributed by atoms with E-state index in [9.17, 15) is 5.11 Å². The minimum atomic E-state index is -2.42. The molecule has 216 valence electrons. The molecule has 2 aromatic rings. The number of hydrogen-bond donors (Lipinski definition) is 1. The first-order chi connectivity index (χ1) is 19.1. The van der Waals surface area contributed by atoms with Gasteiger partial charge in [0.15, 0.2) is 0 Å². The van der Waals surface area contributed by atoms with E-state index in [0.717, 1.165) is 52.2 Å². The molecule has 0 aliphatic carbocycles. The van der Waals surface area contributed by atoms with Crippen LogP contribution in [-0.4, -0.2) is 84.7 Å². The Kier molecular flexibility index (Phi) is 12.5. The van der Waals surface area contributed by atoms with E-state index in [1.165, 1.54) is 63.1 Å². The molecule has 39 heavy (non-hydrogen) atoms. The average Bonchev–Trinajstić information content (AvgIpc) is 2.99. The third-order valence-electron chi connectivity index (χ3n) is 9.51. The molecule has 2 atom stereocenters. The van der Waals surface area contributed by atoms with Gasteiger partial charge >= 0.3 is 214 Å². The van der Waals surface area contributed by atoms with Crippen molar-refractivity contribution in [3.05, 3.63) is 60.2 Å². The number of benzene rings is 2. The Balaban J connectivity index is 1.42. The van der Waals surface area contributed by atoms with E-state index >= 15 is 0 Å². The summed E-state index contributed by atoms with van der Waals surface area (Å²) in [5, 5.41) is 11.0. The van der Waals surface area contributed by atoms with E-state index in [0.29, 0.717) is 0 Å². The zero-order valence-electron chi connectivity index (χ0n) is 25.2. The van der Waals surface area contributed by atoms with Crippen molar-refractivity contribution in [2.24, 2.45) is 0 Å². The van der Waals surface area contributed by atoms with Gasteiger partial charge in [-0.05, 0) is 12.1 Å². The number of rotatable bonds is 14. The van der Waals surface area contributed by atoms with Crippen LogP contribution in [0.15, 0.2) is 54.6 Å². The number of aliphatic hydroxyl groups excluding tert-OH is 1. The second kappa shape index (κ2) is 15.8. The monoisotopic (exact) mass is 641 g/mol. The molecule has 0 bridgehead atoms. The molecule has 0 unspecified atom stereocenters. The summed E-state index contributed by atoms with van der Waals surface area (Å²) in [6, 6.07) is 20.9. The van der Waals surface area contributed by atoms with Crippen molar-refractivity contribution in [1.29, 1.82) is 0 Å². The first-order valence-corrected chi connectivity index (χ1v) is 23.6. The van der Waals surface area contributed by atoms with Crippen LogP contribution >= 0.6 is 0 Å². The number of para-hydroxylation sites is 1. The van der Waals surface area contributed by atoms with Crippen LogP contribution in [0.4, 0.5) is 5.69 Å². The van der Waals surface area contributed by atoms with Crippen molar-refractivity contribution >= 4 is 27.6 Å². The Bertz CT molecular complexity index is 940. The summed E-state index contributed by atoms with van der Waals surface area (Å²) in [5.41, 5.74) is 2.82. The predicted molar refractivity (Wildman–Crippen MR) is 171 cm³/mol. The molecule has 2 heterocycles. The molecule has 5 heteroatoms. The van der Waals surface area contributed by atoms with Crippen LogP contribution in [0.5, 0.6) is 0 Å². The predicted octanol–water partition coefficient (Wildman–Crippen LogP) is 6.50. The summed E-state index contributed by atoms with van der Waals surface area (Å²) in [7, 11) is 0. The van der Waals surface area contributed by atoms with Gasteiger partial charge in [0, 0.05) is 0 Å². The summed E-state index contributed by atoms with van der Waals surface area (Å²) in [6.45, 7) is 14.3. The Morgan fingerprint density at radius 3 is 2.03 bits per heavy atom. The van der Waals surface area contributed by atoms with Crippen molar-refractivity contribution in [1.82, 2.24) is 9.80 Å². The van der Waals surface area contributed by atoms with E-state index in [2.05, 4.69) is 90.1 Å². The van der Waals surface area contributed by atoms with Gasteiger partial charge in [0.05, 0.1) is 0 Å². The van der Waals surface area contributed by atoms with Crippen LogP contribution in [0.25, 0.3) is 0 Å². The first kappa shape index (κ1) is 30.9. The van der Waals surface area contributed by atoms with Gasteiger partial charge in [0.25, 0.3) is 0 Å². The Hall–Kier alpha value is -1.08. The molecule has 0 aromatic heterocycles. The van der Waals surface area contributed by atoms with Gasteiger partial charge in [-0.3, -0.25) is 0 Å². The molecule has 0 spiro atoms. The summed E-state index contributed by atoms with van der Waals surface area (Å²) in [4.78, 5) is 7.68. The van der Waals surface area contributed by atoms with Crippen LogP contribution in [0.2, 0.25) is 13.3 Å². The van der Waals surface area contributed by atoms with E-state index < -0.39 is 18.4 Å². The molecule has 1 N–H and O–H groups in total. The van der Waals surface area contributed by atoms with Crippen molar-refractivity contribution < 1.29 is 5.11 Å². The van der Waals surface area contributed by atoms with Crippen molar-refractivity contribution in [2.75, 3.05) is 44.2 Å². The molecule has 2 saturated heterocycles. The van der Waals surface area contributed by atoms with Crippen LogP contribution in [0.1, 0.15) is 71.3 Å². The molecule has 4 nitrogen and oxygen atoms in total. The standard InChI is InChI=1S/C22H28N3O.3C4H9.Sn/c26-22-11-12-23(17-19-7-3-1-4-8-19)18-21(22)25-15-13-24(14-16-25)20-9-5-2-6-10-20;3*1-3-4-2;/h1-3,5-10,21-22,26H,11-18H2;3*1,3-4H2,2H3;/t21-,22-;;;;/m1..../s1. The second-order valence-corrected chi connectivity index (χ2v) is 25.5. The fraction of sp³-hybridized carbons (Fsp3) is 0.647. The molecule has 2 fully saturated rings. The molecule has 4 rings (SSSR count). The summed E-state index contributed by atoms with van der Waals surface area (Å²) >= 11 is -2.42. The number of piperazine rings is 1. The number of anilines is 1. The fourth-order valence-corrected chi connectivity index (χ4v) is 23.2. The minimum absolute atomic E-state index is 0.211. The molecular formula is C34H55N3OSn. The number of piperidine rings is 1. The molecule has 0 saturated carbocycles. The SMILES string of the molecule is CCC[CH2][Sn]([CH2]CCC)([CH2]CCC)[c]1cccc(CN2CC[C@@H](O)[C@H](N3CCN(c4ccccc4)CC3)C2)c1. The number of aliphatic hydroxyl groups is 1. The van der Waals surface area contributed by atoms with Crippen LogP contribution < -0.4 is 8.48 Å². The number of unbranched alkanes of at least 4 members (excludes halogenated alkanes) is 3. The molecule has 2 aliphatic heterocycles. The molecule has 2 aliphatic rings. The Morgan fingerprint density at radius 1 is 0.769 bits per heavy atom. The van der Waals surface area contributed by atoms with Gasteiger partial charge in [0.2, 0.25) is 0 Å². The van der Waals surface area contributed by atoms with E-state index in [1.807, 2.05) is 0 Å². The third kappa shape index (κ3) is 8.47. The normalized spacial score (nSPS) is 21.4. The number of nitrogens with zero attached hydrogens (tertiary/aromatic N) is 3. The summed E-state index contributed by atoms with van der Waals surface area (Å²) in [5.74, 6) is 0. The summed E-state index contributed by atoms with van der Waals surface area (Å²) in [6.07, 6.45) is 8.90. The first-order valence-electron chi connectivity index (χ1n) is 16.1. The number of likely N-dealkylation sites (tertiary alicyclic amines) is 1. The van der Waals surface area contributed by atoms with Crippen LogP contribution in [-0.2, 0) is 6.54 Å². The average molecular weight is 641 g/mol. The number of hydrogen-bond acceptors (Lipinski definition) is 4. The molecule has 2 aromatic carbocycles. The van der Waals surface area contributed by atoms with E-state index in [4.69, 9.17) is 0 Å². The van der Waals surface area contributed by atoms with Gasteiger partial charge in [-0.1, -0.05) is 18.2 Å². The van der Waals surface area contributed by atoms with Gasteiger partial charge in [0.1, 0.15) is 0 Å². The third-order valence-corrected chi connectivity index (χ3v) is 25.1. The zero-order valence-corrected chi connectivity index (χ0v) is 28.0. The molecule has 0 amide bonds. The van der Waals surface area contributed by atoms with Crippen molar-refractivity contribution in [3.8, 4) is 0 Å². The van der Waals surface area contributed by atoms with Crippen molar-refractivity contribution in [2.45, 2.75) is 97.7 Å². The molecular weight excluding hydrogens is 585 g/mol. The maximum atomic E-state index is 11.0. The van der Waals surface area contributed by atoms with Crippen molar-refractivity contribution in [3.63, 3.8) is 0 Å². The zero-order chi connectivity index (χ0) is 27.5. The van der Waals surface area contributed by atoms with Crippen LogP contribution in [0.3, 0.4) is 0 Å². The van der Waals surface area contributed by atoms with Gasteiger partial charge in [-0.2, -0.15) is 0 Å². The molecule has 0 radical (unpaired) electrons. The second-order valence-electron chi connectivity index (χ2n) is 12.3. The van der Waals surface area contributed by atoms with E-state index in [1.54, 1.807) is 3.58 Å². The Morgan fingerprint density at radius 2 is 1.41 bits per heavy atom. The maximum absolute atomic E-state index is 11.0. The summed E-state index contributed by atoms with van der Waals surface area (Å²) < 4.78 is 6.38. The van der Waals surface area contributed by atoms with Gasteiger partial charge in [-0.25, -0.2) is 0 Å². The fourth-order valence-electron chi connectivity index (χ4n) is 7.05. The van der Waals surface area contributed by atoms with E-state index in [-0.39, 0.29) is 12.1 Å². The van der Waals surface area contributed by atoms with Gasteiger partial charge in [-0.15, -0.1) is 0 Å². The van der Waals surface area contributed by atoms with Gasteiger partial charge < -0.3 is 0 Å². The Labute approximate surface area is 243 Å². The topological polar surface area (TPSA) is 30.0 Å². The van der Waals surface area contributed by atoms with Crippen LogP contribution in [0, 0.1) is 0 Å². The quantitative estimate of drug-likeness (QED) is 0.239.